The van der Waals surface area contributed by atoms with Crippen LogP contribution in [0.25, 0.3) is 11.4 Å². The molecule has 3 rings (SSSR count). The monoisotopic (exact) mass is 311 g/mol. The van der Waals surface area contributed by atoms with Gasteiger partial charge in [0.1, 0.15) is 0 Å². The van der Waals surface area contributed by atoms with Crippen molar-refractivity contribution in [3.05, 3.63) is 48.0 Å². The molecule has 2 aromatic carbocycles. The van der Waals surface area contributed by atoms with Crippen LogP contribution >= 0.6 is 0 Å². The lowest BCUT2D eigenvalue weighted by atomic mass is 10.2. The third-order valence-corrected chi connectivity index (χ3v) is 3.37. The second-order valence-corrected chi connectivity index (χ2v) is 4.98. The average molecular weight is 311 g/mol. The lowest BCUT2D eigenvalue weighted by molar-refractivity contribution is 0.355. The van der Waals surface area contributed by atoms with Crippen molar-refractivity contribution in [3.63, 3.8) is 0 Å². The molecule has 6 heteroatoms. The van der Waals surface area contributed by atoms with Gasteiger partial charge in [0.2, 0.25) is 5.82 Å². The maximum atomic E-state index is 5.29. The van der Waals surface area contributed by atoms with Gasteiger partial charge in [0, 0.05) is 11.3 Å². The molecule has 0 spiro atoms. The van der Waals surface area contributed by atoms with Gasteiger partial charge in [-0.2, -0.15) is 4.98 Å². The molecule has 0 fully saturated rings. The largest absolute Gasteiger partial charge is 0.493 e. The van der Waals surface area contributed by atoms with Crippen LogP contribution in [0.5, 0.6) is 11.5 Å². The summed E-state index contributed by atoms with van der Waals surface area (Å²) in [5.74, 6) is 1.74. The highest BCUT2D eigenvalue weighted by Gasteiger charge is 2.12. The van der Waals surface area contributed by atoms with E-state index in [1.807, 2.05) is 37.3 Å². The maximum Gasteiger partial charge on any atom is 0.326 e. The van der Waals surface area contributed by atoms with Gasteiger partial charge in [-0.15, -0.1) is 0 Å². The highest BCUT2D eigenvalue weighted by molar-refractivity contribution is 5.62. The van der Waals surface area contributed by atoms with Crippen LogP contribution in [0.15, 0.2) is 47.0 Å². The quantitative estimate of drug-likeness (QED) is 0.773. The van der Waals surface area contributed by atoms with E-state index in [9.17, 15) is 0 Å². The molecule has 3 aromatic rings. The summed E-state index contributed by atoms with van der Waals surface area (Å²) in [6.07, 6.45) is 0. The minimum atomic E-state index is 0.332. The van der Waals surface area contributed by atoms with Crippen molar-refractivity contribution < 1.29 is 14.0 Å². The number of aryl methyl sites for hydroxylation is 1. The highest BCUT2D eigenvalue weighted by Crippen LogP contribution is 2.31. The number of anilines is 2. The summed E-state index contributed by atoms with van der Waals surface area (Å²) in [7, 11) is 3.18. The van der Waals surface area contributed by atoms with Gasteiger partial charge in [-0.3, -0.25) is 0 Å². The van der Waals surface area contributed by atoms with Crippen molar-refractivity contribution >= 4 is 11.7 Å². The molecule has 0 amide bonds. The van der Waals surface area contributed by atoms with Gasteiger partial charge in [0.25, 0.3) is 0 Å². The van der Waals surface area contributed by atoms with Gasteiger partial charge < -0.3 is 19.3 Å². The predicted octanol–water partition coefficient (Wildman–Crippen LogP) is 3.81. The standard InChI is InChI=1S/C17H17N3O3/c1-11-4-7-13(8-5-11)18-17-19-16(20-23-17)12-6-9-14(21-2)15(10-12)22-3/h4-10H,1-3H3,(H,18,19,20). The number of hydrogen-bond acceptors (Lipinski definition) is 6. The molecule has 6 nitrogen and oxygen atoms in total. The normalized spacial score (nSPS) is 10.4. The topological polar surface area (TPSA) is 69.4 Å². The first-order valence-corrected chi connectivity index (χ1v) is 7.09. The Hall–Kier alpha value is -3.02. The summed E-state index contributed by atoms with van der Waals surface area (Å²) in [5.41, 5.74) is 2.86. The Labute approximate surface area is 134 Å². The molecule has 0 radical (unpaired) electrons. The van der Waals surface area contributed by atoms with E-state index in [1.54, 1.807) is 26.4 Å². The first-order valence-electron chi connectivity index (χ1n) is 7.09. The van der Waals surface area contributed by atoms with Crippen molar-refractivity contribution in [2.45, 2.75) is 6.92 Å². The molecule has 1 N–H and O–H groups in total. The Balaban J connectivity index is 1.82. The van der Waals surface area contributed by atoms with E-state index in [4.69, 9.17) is 14.0 Å². The van der Waals surface area contributed by atoms with E-state index >= 15 is 0 Å². The zero-order valence-electron chi connectivity index (χ0n) is 13.2. The van der Waals surface area contributed by atoms with Crippen LogP contribution < -0.4 is 14.8 Å². The van der Waals surface area contributed by atoms with Gasteiger partial charge in [-0.05, 0) is 37.3 Å². The minimum Gasteiger partial charge on any atom is -0.493 e. The second kappa shape index (κ2) is 6.39. The van der Waals surface area contributed by atoms with Gasteiger partial charge in [0.15, 0.2) is 11.5 Å². The third-order valence-electron chi connectivity index (χ3n) is 3.37. The molecule has 0 saturated heterocycles. The second-order valence-electron chi connectivity index (χ2n) is 4.98. The SMILES string of the molecule is COc1ccc(-c2noc(Nc3ccc(C)cc3)n2)cc1OC. The van der Waals surface area contributed by atoms with E-state index < -0.39 is 0 Å². The number of ether oxygens (including phenoxy) is 2. The van der Waals surface area contributed by atoms with Crippen molar-refractivity contribution in [3.8, 4) is 22.9 Å². The van der Waals surface area contributed by atoms with Crippen LogP contribution in [-0.2, 0) is 0 Å². The first kappa shape index (κ1) is 14.9. The molecule has 0 atom stereocenters. The highest BCUT2D eigenvalue weighted by atomic mass is 16.5. The minimum absolute atomic E-state index is 0.332. The molecule has 0 aliphatic rings. The summed E-state index contributed by atoms with van der Waals surface area (Å²) in [4.78, 5) is 4.34. The molecule has 0 bridgehead atoms. The Morgan fingerprint density at radius 1 is 0.957 bits per heavy atom. The van der Waals surface area contributed by atoms with Crippen molar-refractivity contribution in [2.24, 2.45) is 0 Å². The number of rotatable bonds is 5. The summed E-state index contributed by atoms with van der Waals surface area (Å²) in [6.45, 7) is 2.03. The van der Waals surface area contributed by atoms with E-state index in [2.05, 4.69) is 15.5 Å². The molecular formula is C17H17N3O3. The number of aromatic nitrogens is 2. The molecule has 0 aliphatic carbocycles. The van der Waals surface area contributed by atoms with Crippen molar-refractivity contribution in [1.82, 2.24) is 10.1 Å². The van der Waals surface area contributed by atoms with Gasteiger partial charge >= 0.3 is 6.01 Å². The van der Waals surface area contributed by atoms with E-state index in [0.29, 0.717) is 23.3 Å². The Morgan fingerprint density at radius 3 is 2.39 bits per heavy atom. The van der Waals surface area contributed by atoms with Crippen LogP contribution in [-0.4, -0.2) is 24.4 Å². The fourth-order valence-corrected chi connectivity index (χ4v) is 2.13. The molecule has 1 aromatic heterocycles. The van der Waals surface area contributed by atoms with Gasteiger partial charge in [0.05, 0.1) is 14.2 Å². The number of nitrogens with zero attached hydrogens (tertiary/aromatic N) is 2. The zero-order chi connectivity index (χ0) is 16.2. The first-order chi connectivity index (χ1) is 11.2. The summed E-state index contributed by atoms with van der Waals surface area (Å²) in [5, 5.41) is 7.06. The zero-order valence-corrected chi connectivity index (χ0v) is 13.2. The molecule has 23 heavy (non-hydrogen) atoms. The van der Waals surface area contributed by atoms with E-state index in [0.717, 1.165) is 11.3 Å². The molecule has 0 aliphatic heterocycles. The van der Waals surface area contributed by atoms with Crippen LogP contribution in [0.4, 0.5) is 11.7 Å². The molecule has 0 saturated carbocycles. The molecule has 0 unspecified atom stereocenters. The Kier molecular flexibility index (Phi) is 4.14. The number of hydrogen-bond donors (Lipinski definition) is 1. The van der Waals surface area contributed by atoms with Crippen LogP contribution in [0, 0.1) is 6.92 Å². The molecule has 1 heterocycles. The fraction of sp³-hybridized carbons (Fsp3) is 0.176. The Bertz CT molecular complexity index is 797. The summed E-state index contributed by atoms with van der Waals surface area (Å²) >= 11 is 0. The Morgan fingerprint density at radius 2 is 1.70 bits per heavy atom. The third kappa shape index (κ3) is 3.26. The lowest BCUT2D eigenvalue weighted by Gasteiger charge is -2.07. The summed E-state index contributed by atoms with van der Waals surface area (Å²) < 4.78 is 15.7. The van der Waals surface area contributed by atoms with Crippen LogP contribution in [0.2, 0.25) is 0 Å². The number of benzene rings is 2. The number of nitrogens with one attached hydrogen (secondary N) is 1. The molecule has 118 valence electrons. The average Bonchev–Trinajstić information content (AvgIpc) is 3.05. The summed E-state index contributed by atoms with van der Waals surface area (Å²) in [6, 6.07) is 13.7. The predicted molar refractivity (Wildman–Crippen MR) is 87.3 cm³/mol. The smallest absolute Gasteiger partial charge is 0.326 e. The fourth-order valence-electron chi connectivity index (χ4n) is 2.13. The number of methoxy groups -OCH3 is 2. The van der Waals surface area contributed by atoms with Crippen molar-refractivity contribution in [1.29, 1.82) is 0 Å². The van der Waals surface area contributed by atoms with Gasteiger partial charge in [-0.25, -0.2) is 0 Å². The lowest BCUT2D eigenvalue weighted by Crippen LogP contribution is -1.92. The van der Waals surface area contributed by atoms with Gasteiger partial charge in [-0.1, -0.05) is 22.9 Å². The van der Waals surface area contributed by atoms with Crippen LogP contribution in [0.3, 0.4) is 0 Å². The van der Waals surface area contributed by atoms with Crippen molar-refractivity contribution in [2.75, 3.05) is 19.5 Å². The van der Waals surface area contributed by atoms with Crippen LogP contribution in [0.1, 0.15) is 5.56 Å². The maximum absolute atomic E-state index is 5.29. The molecular weight excluding hydrogens is 294 g/mol. The van der Waals surface area contributed by atoms with E-state index in [1.165, 1.54) is 5.56 Å². The van der Waals surface area contributed by atoms with E-state index in [-0.39, 0.29) is 0 Å².